The third-order valence-electron chi connectivity index (χ3n) is 4.59. The SMILES string of the molecule is Cc1cc(NC(=O)c2cccc(-n3nc(C)cc3C)c2)n(Cc2ccncc2)n1. The smallest absolute Gasteiger partial charge is 0.256 e. The van der Waals surface area contributed by atoms with Crippen LogP contribution in [0.25, 0.3) is 5.69 Å². The Morgan fingerprint density at radius 3 is 2.45 bits per heavy atom. The van der Waals surface area contributed by atoms with E-state index in [1.54, 1.807) is 23.1 Å². The Bertz CT molecular complexity index is 1160. The molecule has 4 aromatic rings. The van der Waals surface area contributed by atoms with Crippen molar-refractivity contribution < 1.29 is 4.79 Å². The van der Waals surface area contributed by atoms with E-state index < -0.39 is 0 Å². The summed E-state index contributed by atoms with van der Waals surface area (Å²) in [6.07, 6.45) is 3.49. The lowest BCUT2D eigenvalue weighted by molar-refractivity contribution is 0.102. The number of amides is 1. The molecule has 0 radical (unpaired) electrons. The molecule has 0 aliphatic carbocycles. The fraction of sp³-hybridized carbons (Fsp3) is 0.182. The Morgan fingerprint density at radius 1 is 0.966 bits per heavy atom. The summed E-state index contributed by atoms with van der Waals surface area (Å²) < 4.78 is 3.62. The van der Waals surface area contributed by atoms with Crippen molar-refractivity contribution in [1.29, 1.82) is 0 Å². The van der Waals surface area contributed by atoms with Crippen LogP contribution in [-0.4, -0.2) is 30.5 Å². The molecule has 1 aromatic carbocycles. The van der Waals surface area contributed by atoms with Crippen LogP contribution in [0.3, 0.4) is 0 Å². The molecule has 0 fully saturated rings. The van der Waals surface area contributed by atoms with Gasteiger partial charge >= 0.3 is 0 Å². The van der Waals surface area contributed by atoms with Crippen LogP contribution in [0.15, 0.2) is 60.9 Å². The molecular weight excluding hydrogens is 364 g/mol. The van der Waals surface area contributed by atoms with Gasteiger partial charge in [0.15, 0.2) is 0 Å². The molecule has 4 rings (SSSR count). The van der Waals surface area contributed by atoms with Crippen molar-refractivity contribution in [2.24, 2.45) is 0 Å². The van der Waals surface area contributed by atoms with Gasteiger partial charge in [0.2, 0.25) is 0 Å². The van der Waals surface area contributed by atoms with Crippen molar-refractivity contribution in [2.45, 2.75) is 27.3 Å². The molecule has 0 atom stereocenters. The summed E-state index contributed by atoms with van der Waals surface area (Å²) in [6.45, 7) is 6.40. The minimum Gasteiger partial charge on any atom is -0.307 e. The van der Waals surface area contributed by atoms with Gasteiger partial charge in [-0.2, -0.15) is 10.2 Å². The highest BCUT2D eigenvalue weighted by molar-refractivity contribution is 6.04. The van der Waals surface area contributed by atoms with Gasteiger partial charge in [0.05, 0.1) is 23.6 Å². The normalized spacial score (nSPS) is 10.9. The quantitative estimate of drug-likeness (QED) is 0.567. The zero-order valence-corrected chi connectivity index (χ0v) is 16.6. The lowest BCUT2D eigenvalue weighted by Crippen LogP contribution is -2.16. The second kappa shape index (κ2) is 7.71. The molecule has 29 heavy (non-hydrogen) atoms. The van der Waals surface area contributed by atoms with Crippen molar-refractivity contribution in [3.63, 3.8) is 0 Å². The molecule has 7 nitrogen and oxygen atoms in total. The maximum absolute atomic E-state index is 12.9. The van der Waals surface area contributed by atoms with Crippen molar-refractivity contribution in [1.82, 2.24) is 24.5 Å². The van der Waals surface area contributed by atoms with E-state index >= 15 is 0 Å². The minimum absolute atomic E-state index is 0.191. The second-order valence-corrected chi connectivity index (χ2v) is 7.03. The third kappa shape index (κ3) is 4.08. The summed E-state index contributed by atoms with van der Waals surface area (Å²) in [5.74, 6) is 0.463. The maximum Gasteiger partial charge on any atom is 0.256 e. The van der Waals surface area contributed by atoms with E-state index in [1.807, 2.05) is 67.9 Å². The highest BCUT2D eigenvalue weighted by atomic mass is 16.1. The molecule has 1 amide bonds. The van der Waals surface area contributed by atoms with Gasteiger partial charge in [-0.05, 0) is 62.7 Å². The summed E-state index contributed by atoms with van der Waals surface area (Å²) in [6, 6.07) is 15.2. The predicted molar refractivity (Wildman–Crippen MR) is 111 cm³/mol. The highest BCUT2D eigenvalue weighted by Crippen LogP contribution is 2.17. The van der Waals surface area contributed by atoms with Crippen molar-refractivity contribution in [2.75, 3.05) is 5.32 Å². The van der Waals surface area contributed by atoms with Gasteiger partial charge in [-0.3, -0.25) is 9.78 Å². The lowest BCUT2D eigenvalue weighted by atomic mass is 10.2. The molecule has 3 heterocycles. The minimum atomic E-state index is -0.191. The Hall–Kier alpha value is -3.74. The first-order valence-corrected chi connectivity index (χ1v) is 9.38. The standard InChI is InChI=1S/C22H22N6O/c1-15-11-17(3)28(26-15)20-6-4-5-19(13-20)22(29)24-21-12-16(2)25-27(21)14-18-7-9-23-10-8-18/h4-13H,14H2,1-3H3,(H,24,29). The van der Waals surface area contributed by atoms with E-state index in [2.05, 4.69) is 20.5 Å². The third-order valence-corrected chi connectivity index (χ3v) is 4.59. The molecule has 0 bridgehead atoms. The van der Waals surface area contributed by atoms with E-state index in [0.29, 0.717) is 17.9 Å². The number of pyridine rings is 1. The van der Waals surface area contributed by atoms with Crippen molar-refractivity contribution in [3.05, 3.63) is 89.1 Å². The largest absolute Gasteiger partial charge is 0.307 e. The average Bonchev–Trinajstić information content (AvgIpc) is 3.23. The molecule has 0 aliphatic rings. The number of nitrogens with zero attached hydrogens (tertiary/aromatic N) is 5. The highest BCUT2D eigenvalue weighted by Gasteiger charge is 2.13. The molecule has 3 aromatic heterocycles. The lowest BCUT2D eigenvalue weighted by Gasteiger charge is -2.10. The summed E-state index contributed by atoms with van der Waals surface area (Å²) in [7, 11) is 0. The fourth-order valence-corrected chi connectivity index (χ4v) is 3.29. The Kier molecular flexibility index (Phi) is 4.95. The predicted octanol–water partition coefficient (Wildman–Crippen LogP) is 3.69. The number of benzene rings is 1. The van der Waals surface area contributed by atoms with Crippen LogP contribution in [0.2, 0.25) is 0 Å². The first-order valence-electron chi connectivity index (χ1n) is 9.38. The maximum atomic E-state index is 12.9. The number of nitrogens with one attached hydrogen (secondary N) is 1. The summed E-state index contributed by atoms with van der Waals surface area (Å²) in [4.78, 5) is 16.9. The first-order chi connectivity index (χ1) is 14.0. The number of rotatable bonds is 5. The Labute approximate surface area is 169 Å². The summed E-state index contributed by atoms with van der Waals surface area (Å²) in [5, 5.41) is 12.0. The molecule has 0 saturated carbocycles. The van der Waals surface area contributed by atoms with E-state index in [-0.39, 0.29) is 5.91 Å². The topological polar surface area (TPSA) is 77.6 Å². The van der Waals surface area contributed by atoms with Crippen molar-refractivity contribution in [3.8, 4) is 5.69 Å². The van der Waals surface area contributed by atoms with Crippen LogP contribution >= 0.6 is 0 Å². The zero-order valence-electron chi connectivity index (χ0n) is 16.6. The van der Waals surface area contributed by atoms with Crippen molar-refractivity contribution >= 4 is 11.7 Å². The molecular formula is C22H22N6O. The fourth-order valence-electron chi connectivity index (χ4n) is 3.29. The van der Waals surface area contributed by atoms with E-state index in [9.17, 15) is 4.79 Å². The van der Waals surface area contributed by atoms with Crippen LogP contribution < -0.4 is 5.32 Å². The molecule has 1 N–H and O–H groups in total. The number of anilines is 1. The second-order valence-electron chi connectivity index (χ2n) is 7.03. The number of aryl methyl sites for hydroxylation is 3. The van der Waals surface area contributed by atoms with E-state index in [4.69, 9.17) is 0 Å². The van der Waals surface area contributed by atoms with Crippen LogP contribution in [0.1, 0.15) is 33.0 Å². The van der Waals surface area contributed by atoms with Crippen LogP contribution in [0.4, 0.5) is 5.82 Å². The monoisotopic (exact) mass is 386 g/mol. The Balaban J connectivity index is 1.58. The number of carbonyl (C=O) groups is 1. The zero-order chi connectivity index (χ0) is 20.4. The first kappa shape index (κ1) is 18.6. The van der Waals surface area contributed by atoms with Gasteiger partial charge in [0.25, 0.3) is 5.91 Å². The van der Waals surface area contributed by atoms with E-state index in [0.717, 1.165) is 28.3 Å². The Morgan fingerprint density at radius 2 is 1.72 bits per heavy atom. The van der Waals surface area contributed by atoms with Gasteiger partial charge < -0.3 is 5.32 Å². The molecule has 146 valence electrons. The molecule has 0 spiro atoms. The van der Waals surface area contributed by atoms with Gasteiger partial charge in [-0.15, -0.1) is 0 Å². The summed E-state index contributed by atoms with van der Waals surface area (Å²) >= 11 is 0. The molecule has 0 unspecified atom stereocenters. The van der Waals surface area contributed by atoms with E-state index in [1.165, 1.54) is 0 Å². The van der Waals surface area contributed by atoms with Crippen LogP contribution in [0, 0.1) is 20.8 Å². The van der Waals surface area contributed by atoms with Gasteiger partial charge in [0.1, 0.15) is 5.82 Å². The van der Waals surface area contributed by atoms with Gasteiger partial charge in [-0.25, -0.2) is 9.36 Å². The molecule has 7 heteroatoms. The molecule has 0 saturated heterocycles. The van der Waals surface area contributed by atoms with Crippen LogP contribution in [0.5, 0.6) is 0 Å². The number of hydrogen-bond donors (Lipinski definition) is 1. The molecule has 0 aliphatic heterocycles. The summed E-state index contributed by atoms with van der Waals surface area (Å²) in [5.41, 5.74) is 5.27. The number of carbonyl (C=O) groups excluding carboxylic acids is 1. The average molecular weight is 386 g/mol. The number of hydrogen-bond acceptors (Lipinski definition) is 4. The number of aromatic nitrogens is 5. The van der Waals surface area contributed by atoms with Crippen LogP contribution in [-0.2, 0) is 6.54 Å². The van der Waals surface area contributed by atoms with Gasteiger partial charge in [-0.1, -0.05) is 6.07 Å². The van der Waals surface area contributed by atoms with Gasteiger partial charge in [0, 0.05) is 29.7 Å².